The number of nitrogens with zero attached hydrogens (tertiary/aromatic N) is 3. The van der Waals surface area contributed by atoms with E-state index in [0.717, 1.165) is 27.7 Å². The molecular weight excluding hydrogens is 357 g/mol. The predicted molar refractivity (Wildman–Crippen MR) is 106 cm³/mol. The standard InChI is InChI=1S/C21H20FN5O/c1-13-9-26-21-17(5-6-24-21)18(13)8-15-3-4-19(27-20(15)22)25-11-14-7-16(28-2)12-23-10-14/h3-7,9-10,12H,8,11H2,1-2H3,(H,24,26)(H,25,27). The molecule has 0 aliphatic carbocycles. The molecule has 0 saturated carbocycles. The van der Waals surface area contributed by atoms with Crippen molar-refractivity contribution in [2.75, 3.05) is 12.4 Å². The molecule has 142 valence electrons. The first-order valence-electron chi connectivity index (χ1n) is 8.93. The molecule has 4 aromatic rings. The first-order chi connectivity index (χ1) is 13.6. The SMILES string of the molecule is COc1cncc(CNc2ccc(Cc3c(C)cnc4[nH]ccc34)c(F)n2)c1. The molecular formula is C21H20FN5O. The lowest BCUT2D eigenvalue weighted by Gasteiger charge is -2.10. The molecule has 0 atom stereocenters. The van der Waals surface area contributed by atoms with Crippen molar-refractivity contribution in [2.45, 2.75) is 19.9 Å². The molecule has 4 rings (SSSR count). The van der Waals surface area contributed by atoms with Gasteiger partial charge in [-0.25, -0.2) is 9.97 Å². The first kappa shape index (κ1) is 17.9. The highest BCUT2D eigenvalue weighted by atomic mass is 19.1. The summed E-state index contributed by atoms with van der Waals surface area (Å²) in [5.41, 5.74) is 4.35. The van der Waals surface area contributed by atoms with Crippen LogP contribution >= 0.6 is 0 Å². The number of aromatic nitrogens is 4. The molecule has 0 saturated heterocycles. The monoisotopic (exact) mass is 377 g/mol. The molecule has 0 amide bonds. The zero-order valence-electron chi connectivity index (χ0n) is 15.7. The Hall–Kier alpha value is -3.48. The minimum atomic E-state index is -0.478. The van der Waals surface area contributed by atoms with Gasteiger partial charge in [-0.15, -0.1) is 0 Å². The summed E-state index contributed by atoms with van der Waals surface area (Å²) in [7, 11) is 1.59. The fourth-order valence-electron chi connectivity index (χ4n) is 3.15. The molecule has 7 heteroatoms. The zero-order chi connectivity index (χ0) is 19.5. The molecule has 28 heavy (non-hydrogen) atoms. The number of rotatable bonds is 6. The van der Waals surface area contributed by atoms with Crippen LogP contribution in [0, 0.1) is 12.9 Å². The van der Waals surface area contributed by atoms with Crippen LogP contribution in [0.1, 0.15) is 22.3 Å². The second kappa shape index (κ2) is 7.64. The number of pyridine rings is 3. The van der Waals surface area contributed by atoms with Crippen molar-refractivity contribution in [3.05, 3.63) is 77.3 Å². The Labute approximate surface area is 161 Å². The van der Waals surface area contributed by atoms with Crippen molar-refractivity contribution in [1.82, 2.24) is 19.9 Å². The Bertz CT molecular complexity index is 1120. The lowest BCUT2D eigenvalue weighted by molar-refractivity contribution is 0.412. The quantitative estimate of drug-likeness (QED) is 0.497. The fourth-order valence-corrected chi connectivity index (χ4v) is 3.15. The summed E-state index contributed by atoms with van der Waals surface area (Å²) >= 11 is 0. The summed E-state index contributed by atoms with van der Waals surface area (Å²) in [6.07, 6.45) is 7.47. The lowest BCUT2D eigenvalue weighted by Crippen LogP contribution is -2.05. The van der Waals surface area contributed by atoms with Gasteiger partial charge in [0.15, 0.2) is 0 Å². The Balaban J connectivity index is 1.51. The largest absolute Gasteiger partial charge is 0.495 e. The minimum Gasteiger partial charge on any atom is -0.495 e. The third-order valence-electron chi connectivity index (χ3n) is 4.69. The van der Waals surface area contributed by atoms with Crippen molar-refractivity contribution in [2.24, 2.45) is 0 Å². The molecule has 0 aliphatic heterocycles. The van der Waals surface area contributed by atoms with Crippen molar-refractivity contribution in [1.29, 1.82) is 0 Å². The predicted octanol–water partition coefficient (Wildman–Crippen LogP) is 4.01. The van der Waals surface area contributed by atoms with Crippen LogP contribution in [0.15, 0.2) is 49.1 Å². The van der Waals surface area contributed by atoms with Crippen LogP contribution in [0.3, 0.4) is 0 Å². The second-order valence-electron chi connectivity index (χ2n) is 6.57. The molecule has 0 radical (unpaired) electrons. The zero-order valence-corrected chi connectivity index (χ0v) is 15.7. The van der Waals surface area contributed by atoms with Gasteiger partial charge < -0.3 is 15.0 Å². The van der Waals surface area contributed by atoms with Crippen LogP contribution < -0.4 is 10.1 Å². The van der Waals surface area contributed by atoms with Gasteiger partial charge in [0.2, 0.25) is 5.95 Å². The maximum Gasteiger partial charge on any atom is 0.218 e. The van der Waals surface area contributed by atoms with E-state index in [9.17, 15) is 4.39 Å². The molecule has 0 unspecified atom stereocenters. The van der Waals surface area contributed by atoms with Gasteiger partial charge >= 0.3 is 0 Å². The summed E-state index contributed by atoms with van der Waals surface area (Å²) in [5, 5.41) is 4.13. The van der Waals surface area contributed by atoms with Crippen LogP contribution in [0.25, 0.3) is 11.0 Å². The van der Waals surface area contributed by atoms with Crippen LogP contribution in [0.4, 0.5) is 10.2 Å². The minimum absolute atomic E-state index is 0.460. The van der Waals surface area contributed by atoms with Gasteiger partial charge in [-0.3, -0.25) is 4.98 Å². The average molecular weight is 377 g/mol. The number of hydrogen-bond acceptors (Lipinski definition) is 5. The van der Waals surface area contributed by atoms with E-state index in [-0.39, 0.29) is 0 Å². The summed E-state index contributed by atoms with van der Waals surface area (Å²) < 4.78 is 19.8. The Kier molecular flexibility index (Phi) is 4.89. The number of aromatic amines is 1. The number of halogens is 1. The topological polar surface area (TPSA) is 75.7 Å². The highest BCUT2D eigenvalue weighted by Crippen LogP contribution is 2.24. The van der Waals surface area contributed by atoms with E-state index in [1.165, 1.54) is 0 Å². The van der Waals surface area contributed by atoms with Crippen LogP contribution in [-0.4, -0.2) is 27.0 Å². The van der Waals surface area contributed by atoms with Crippen molar-refractivity contribution < 1.29 is 9.13 Å². The third-order valence-corrected chi connectivity index (χ3v) is 4.69. The summed E-state index contributed by atoms with van der Waals surface area (Å²) in [6.45, 7) is 2.46. The summed E-state index contributed by atoms with van der Waals surface area (Å²) in [5.74, 6) is 0.675. The molecule has 2 N–H and O–H groups in total. The molecule has 0 fully saturated rings. The number of methoxy groups -OCH3 is 1. The third kappa shape index (κ3) is 3.64. The number of hydrogen-bond donors (Lipinski definition) is 2. The molecule has 6 nitrogen and oxygen atoms in total. The van der Waals surface area contributed by atoms with Gasteiger partial charge in [-0.1, -0.05) is 6.07 Å². The van der Waals surface area contributed by atoms with E-state index >= 15 is 0 Å². The van der Waals surface area contributed by atoms with E-state index in [4.69, 9.17) is 4.74 Å². The molecule has 4 heterocycles. The maximum atomic E-state index is 14.6. The van der Waals surface area contributed by atoms with Crippen molar-refractivity contribution >= 4 is 16.9 Å². The van der Waals surface area contributed by atoms with Gasteiger partial charge in [-0.05, 0) is 41.8 Å². The molecule has 0 spiro atoms. The highest BCUT2D eigenvalue weighted by Gasteiger charge is 2.12. The number of anilines is 1. The smallest absolute Gasteiger partial charge is 0.218 e. The van der Waals surface area contributed by atoms with Crippen molar-refractivity contribution in [3.63, 3.8) is 0 Å². The van der Waals surface area contributed by atoms with Crippen LogP contribution in [0.2, 0.25) is 0 Å². The van der Waals surface area contributed by atoms with Gasteiger partial charge in [0.1, 0.15) is 17.2 Å². The second-order valence-corrected chi connectivity index (χ2v) is 6.57. The Morgan fingerprint density at radius 1 is 1.18 bits per heavy atom. The van der Waals surface area contributed by atoms with E-state index in [0.29, 0.717) is 30.1 Å². The van der Waals surface area contributed by atoms with Gasteiger partial charge in [0.05, 0.1) is 13.3 Å². The van der Waals surface area contributed by atoms with E-state index < -0.39 is 5.95 Å². The van der Waals surface area contributed by atoms with Crippen LogP contribution in [0.5, 0.6) is 5.75 Å². The first-order valence-corrected chi connectivity index (χ1v) is 8.93. The average Bonchev–Trinajstić information content (AvgIpc) is 3.19. The van der Waals surface area contributed by atoms with Gasteiger partial charge in [-0.2, -0.15) is 4.39 Å². The molecule has 0 bridgehead atoms. The Morgan fingerprint density at radius 2 is 2.07 bits per heavy atom. The van der Waals surface area contributed by atoms with Gasteiger partial charge in [0.25, 0.3) is 0 Å². The summed E-state index contributed by atoms with van der Waals surface area (Å²) in [4.78, 5) is 15.6. The van der Waals surface area contributed by atoms with Crippen LogP contribution in [-0.2, 0) is 13.0 Å². The molecule has 4 aromatic heterocycles. The highest BCUT2D eigenvalue weighted by molar-refractivity contribution is 5.80. The lowest BCUT2D eigenvalue weighted by atomic mass is 10.0. The Morgan fingerprint density at radius 3 is 2.89 bits per heavy atom. The fraction of sp³-hybridized carbons (Fsp3) is 0.190. The number of aryl methyl sites for hydroxylation is 1. The normalized spacial score (nSPS) is 11.0. The summed E-state index contributed by atoms with van der Waals surface area (Å²) in [6, 6.07) is 7.40. The van der Waals surface area contributed by atoms with E-state index in [2.05, 4.69) is 25.3 Å². The van der Waals surface area contributed by atoms with E-state index in [1.54, 1.807) is 37.8 Å². The van der Waals surface area contributed by atoms with E-state index in [1.807, 2.05) is 25.3 Å². The number of ether oxygens (including phenoxy) is 1. The maximum absolute atomic E-state index is 14.6. The van der Waals surface area contributed by atoms with Gasteiger partial charge in [0, 0.05) is 42.5 Å². The number of nitrogens with one attached hydrogen (secondary N) is 2. The number of H-pyrrole nitrogens is 1. The van der Waals surface area contributed by atoms with Crippen molar-refractivity contribution in [3.8, 4) is 5.75 Å². The number of fused-ring (bicyclic) bond motifs is 1. The molecule has 0 aliphatic rings. The molecule has 0 aromatic carbocycles.